The molecule has 3 N–H and O–H groups in total. The Balaban J connectivity index is 2.00. The van der Waals surface area contributed by atoms with Gasteiger partial charge >= 0.3 is 0 Å². The highest BCUT2D eigenvalue weighted by atomic mass is 79.9. The molecule has 2 rings (SSSR count). The summed E-state index contributed by atoms with van der Waals surface area (Å²) in [7, 11) is 1.69. The third-order valence-corrected chi connectivity index (χ3v) is 4.81. The Hall–Kier alpha value is -1.01. The number of ether oxygens (including phenoxy) is 1. The molecule has 0 radical (unpaired) electrons. The van der Waals surface area contributed by atoms with Crippen molar-refractivity contribution in [2.24, 2.45) is 5.84 Å². The van der Waals surface area contributed by atoms with Crippen LogP contribution in [0.3, 0.4) is 0 Å². The van der Waals surface area contributed by atoms with Crippen LogP contribution >= 0.6 is 27.7 Å². The Morgan fingerprint density at radius 2 is 2.00 bits per heavy atom. The van der Waals surface area contributed by atoms with E-state index in [1.807, 2.05) is 30.3 Å². The Morgan fingerprint density at radius 3 is 2.67 bits per heavy atom. The van der Waals surface area contributed by atoms with Gasteiger partial charge in [0.2, 0.25) is 0 Å². The van der Waals surface area contributed by atoms with Crippen molar-refractivity contribution in [3.8, 4) is 5.75 Å². The number of rotatable bonds is 7. The second-order valence-corrected chi connectivity index (χ2v) is 6.66. The number of hydrogen-bond donors (Lipinski definition) is 2. The van der Waals surface area contributed by atoms with E-state index >= 15 is 0 Å². The van der Waals surface area contributed by atoms with Gasteiger partial charge in [-0.05, 0) is 42.3 Å². The maximum Gasteiger partial charge on any atom is 0.122 e. The summed E-state index contributed by atoms with van der Waals surface area (Å²) < 4.78 is 6.46. The molecule has 5 heteroatoms. The lowest BCUT2D eigenvalue weighted by Gasteiger charge is -2.17. The number of halogens is 1. The maximum absolute atomic E-state index is 5.70. The van der Waals surface area contributed by atoms with Gasteiger partial charge in [-0.15, -0.1) is 11.8 Å². The highest BCUT2D eigenvalue weighted by Gasteiger charge is 2.12. The first-order valence-electron chi connectivity index (χ1n) is 6.69. The second-order valence-electron chi connectivity index (χ2n) is 4.65. The third-order valence-electron chi connectivity index (χ3n) is 3.14. The molecule has 112 valence electrons. The van der Waals surface area contributed by atoms with Crippen LogP contribution in [0, 0.1) is 0 Å². The normalized spacial score (nSPS) is 12.1. The molecule has 0 bridgehead atoms. The van der Waals surface area contributed by atoms with Gasteiger partial charge in [-0.2, -0.15) is 0 Å². The summed E-state index contributed by atoms with van der Waals surface area (Å²) in [5.74, 6) is 7.49. The Bertz CT molecular complexity index is 565. The molecule has 0 saturated carbocycles. The predicted molar refractivity (Wildman–Crippen MR) is 92.7 cm³/mol. The van der Waals surface area contributed by atoms with Crippen LogP contribution < -0.4 is 16.0 Å². The van der Waals surface area contributed by atoms with E-state index in [1.54, 1.807) is 18.9 Å². The van der Waals surface area contributed by atoms with Crippen LogP contribution in [-0.2, 0) is 6.42 Å². The smallest absolute Gasteiger partial charge is 0.122 e. The molecule has 0 aromatic heterocycles. The van der Waals surface area contributed by atoms with Gasteiger partial charge in [0.05, 0.1) is 7.11 Å². The second kappa shape index (κ2) is 8.44. The number of thioether (sulfide) groups is 1. The SMILES string of the molecule is COc1ccc(Br)cc1CC(CSc1ccccc1)NN. The fourth-order valence-electron chi connectivity index (χ4n) is 2.05. The fourth-order valence-corrected chi connectivity index (χ4v) is 3.42. The summed E-state index contributed by atoms with van der Waals surface area (Å²) in [5.41, 5.74) is 4.04. The molecule has 0 saturated heterocycles. The summed E-state index contributed by atoms with van der Waals surface area (Å²) in [6.45, 7) is 0. The van der Waals surface area contributed by atoms with Crippen LogP contribution in [0.15, 0.2) is 57.9 Å². The summed E-state index contributed by atoms with van der Waals surface area (Å²) in [6.07, 6.45) is 0.818. The van der Waals surface area contributed by atoms with E-state index in [-0.39, 0.29) is 6.04 Å². The maximum atomic E-state index is 5.70. The molecule has 2 aromatic carbocycles. The quantitative estimate of drug-likeness (QED) is 0.446. The Kier molecular flexibility index (Phi) is 6.57. The molecule has 0 heterocycles. The minimum Gasteiger partial charge on any atom is -0.496 e. The van der Waals surface area contributed by atoms with Crippen molar-refractivity contribution in [2.75, 3.05) is 12.9 Å². The van der Waals surface area contributed by atoms with E-state index in [9.17, 15) is 0 Å². The lowest BCUT2D eigenvalue weighted by molar-refractivity contribution is 0.406. The zero-order valence-electron chi connectivity index (χ0n) is 11.9. The number of hydrogen-bond acceptors (Lipinski definition) is 4. The van der Waals surface area contributed by atoms with Gasteiger partial charge in [0.25, 0.3) is 0 Å². The molecule has 1 atom stereocenters. The van der Waals surface area contributed by atoms with Crippen LogP contribution in [0.1, 0.15) is 5.56 Å². The van der Waals surface area contributed by atoms with Crippen molar-refractivity contribution >= 4 is 27.7 Å². The standard InChI is InChI=1S/C16H19BrN2OS/c1-20-16-8-7-13(17)9-12(16)10-14(19-18)11-21-15-5-3-2-4-6-15/h2-9,14,19H,10-11,18H2,1H3. The van der Waals surface area contributed by atoms with Crippen LogP contribution in [0.25, 0.3) is 0 Å². The highest BCUT2D eigenvalue weighted by molar-refractivity contribution is 9.10. The number of nitrogens with two attached hydrogens (primary N) is 1. The average Bonchev–Trinajstić information content (AvgIpc) is 2.52. The lowest BCUT2D eigenvalue weighted by atomic mass is 10.1. The third kappa shape index (κ3) is 5.04. The van der Waals surface area contributed by atoms with E-state index in [4.69, 9.17) is 10.6 Å². The van der Waals surface area contributed by atoms with Crippen molar-refractivity contribution in [3.05, 3.63) is 58.6 Å². The molecule has 0 spiro atoms. The van der Waals surface area contributed by atoms with Crippen molar-refractivity contribution in [2.45, 2.75) is 17.4 Å². The minimum atomic E-state index is 0.179. The van der Waals surface area contributed by atoms with Gasteiger partial charge in [0.15, 0.2) is 0 Å². The van der Waals surface area contributed by atoms with Crippen molar-refractivity contribution < 1.29 is 4.74 Å². The van der Waals surface area contributed by atoms with E-state index in [2.05, 4.69) is 39.6 Å². The summed E-state index contributed by atoms with van der Waals surface area (Å²) in [6, 6.07) is 16.5. The molecule has 3 nitrogen and oxygen atoms in total. The Morgan fingerprint density at radius 1 is 1.24 bits per heavy atom. The molecule has 0 amide bonds. The lowest BCUT2D eigenvalue weighted by Crippen LogP contribution is -2.38. The van der Waals surface area contributed by atoms with Crippen LogP contribution in [0.5, 0.6) is 5.75 Å². The van der Waals surface area contributed by atoms with Gasteiger partial charge in [0.1, 0.15) is 5.75 Å². The van der Waals surface area contributed by atoms with Gasteiger partial charge in [0, 0.05) is 21.2 Å². The highest BCUT2D eigenvalue weighted by Crippen LogP contribution is 2.25. The fraction of sp³-hybridized carbons (Fsp3) is 0.250. The van der Waals surface area contributed by atoms with E-state index < -0.39 is 0 Å². The van der Waals surface area contributed by atoms with E-state index in [0.717, 1.165) is 28.0 Å². The van der Waals surface area contributed by atoms with Crippen molar-refractivity contribution in [3.63, 3.8) is 0 Å². The summed E-state index contributed by atoms with van der Waals surface area (Å²) >= 11 is 5.30. The largest absolute Gasteiger partial charge is 0.496 e. The summed E-state index contributed by atoms with van der Waals surface area (Å²) in [4.78, 5) is 1.25. The van der Waals surface area contributed by atoms with Crippen molar-refractivity contribution in [1.29, 1.82) is 0 Å². The van der Waals surface area contributed by atoms with Gasteiger partial charge in [-0.3, -0.25) is 11.3 Å². The Labute approximate surface area is 138 Å². The van der Waals surface area contributed by atoms with Gasteiger partial charge in [-0.25, -0.2) is 0 Å². The van der Waals surface area contributed by atoms with Gasteiger partial charge < -0.3 is 4.74 Å². The molecule has 1 unspecified atom stereocenters. The van der Waals surface area contributed by atoms with Crippen LogP contribution in [-0.4, -0.2) is 18.9 Å². The zero-order valence-corrected chi connectivity index (χ0v) is 14.3. The number of benzene rings is 2. The first kappa shape index (κ1) is 16.4. The molecular weight excluding hydrogens is 348 g/mol. The first-order valence-corrected chi connectivity index (χ1v) is 8.47. The molecule has 0 aliphatic rings. The predicted octanol–water partition coefficient (Wildman–Crippen LogP) is 3.62. The van der Waals surface area contributed by atoms with Crippen LogP contribution in [0.2, 0.25) is 0 Å². The monoisotopic (exact) mass is 366 g/mol. The first-order chi connectivity index (χ1) is 10.2. The zero-order chi connectivity index (χ0) is 15.1. The van der Waals surface area contributed by atoms with Gasteiger partial charge in [-0.1, -0.05) is 34.1 Å². The number of methoxy groups -OCH3 is 1. The molecule has 0 aliphatic heterocycles. The molecule has 0 fully saturated rings. The minimum absolute atomic E-state index is 0.179. The average molecular weight is 367 g/mol. The van der Waals surface area contributed by atoms with E-state index in [0.29, 0.717) is 0 Å². The van der Waals surface area contributed by atoms with E-state index in [1.165, 1.54) is 4.90 Å². The molecule has 21 heavy (non-hydrogen) atoms. The molecule has 0 aliphatic carbocycles. The summed E-state index contributed by atoms with van der Waals surface area (Å²) in [5, 5.41) is 0. The number of nitrogens with one attached hydrogen (secondary N) is 1. The molecule has 2 aromatic rings. The number of hydrazine groups is 1. The van der Waals surface area contributed by atoms with Crippen molar-refractivity contribution in [1.82, 2.24) is 5.43 Å². The topological polar surface area (TPSA) is 47.3 Å². The van der Waals surface area contributed by atoms with Crippen LogP contribution in [0.4, 0.5) is 0 Å². The molecular formula is C16H19BrN2OS.